The smallest absolute Gasteiger partial charge is 0.240 e. The van der Waals surface area contributed by atoms with E-state index in [-0.39, 0.29) is 0 Å². The monoisotopic (exact) mass is 345 g/mol. The summed E-state index contributed by atoms with van der Waals surface area (Å²) in [6.45, 7) is 5.90. The minimum atomic E-state index is 0.297. The quantitative estimate of drug-likeness (QED) is 0.700. The van der Waals surface area contributed by atoms with Gasteiger partial charge < -0.3 is 4.52 Å². The topological polar surface area (TPSA) is 42.2 Å². The van der Waals surface area contributed by atoms with E-state index in [4.69, 9.17) is 4.52 Å². The Hall–Kier alpha value is -1.50. The molecule has 0 aliphatic carbocycles. The van der Waals surface area contributed by atoms with Crippen LogP contribution in [-0.2, 0) is 13.0 Å². The molecule has 0 saturated heterocycles. The van der Waals surface area contributed by atoms with Gasteiger partial charge in [-0.3, -0.25) is 4.90 Å². The SMILES string of the molecule is CC(C)c1noc(CN2CCc3sccc3C2c2cccs2)n1. The highest BCUT2D eigenvalue weighted by Gasteiger charge is 2.31. The van der Waals surface area contributed by atoms with Gasteiger partial charge in [-0.2, -0.15) is 4.98 Å². The molecule has 4 nitrogen and oxygen atoms in total. The molecule has 0 spiro atoms. The third kappa shape index (κ3) is 2.86. The van der Waals surface area contributed by atoms with Crippen molar-refractivity contribution in [2.45, 2.75) is 38.8 Å². The van der Waals surface area contributed by atoms with Crippen LogP contribution >= 0.6 is 22.7 Å². The van der Waals surface area contributed by atoms with Crippen molar-refractivity contribution >= 4 is 22.7 Å². The zero-order valence-electron chi connectivity index (χ0n) is 13.2. The minimum absolute atomic E-state index is 0.297. The van der Waals surface area contributed by atoms with E-state index >= 15 is 0 Å². The number of fused-ring (bicyclic) bond motifs is 1. The van der Waals surface area contributed by atoms with Crippen molar-refractivity contribution in [2.75, 3.05) is 6.54 Å². The fourth-order valence-corrected chi connectivity index (χ4v) is 4.84. The highest BCUT2D eigenvalue weighted by molar-refractivity contribution is 7.10. The zero-order valence-corrected chi connectivity index (χ0v) is 14.9. The van der Waals surface area contributed by atoms with Crippen LogP contribution in [0.2, 0.25) is 0 Å². The number of thiophene rings is 2. The van der Waals surface area contributed by atoms with E-state index in [9.17, 15) is 0 Å². The van der Waals surface area contributed by atoms with Gasteiger partial charge in [0, 0.05) is 22.2 Å². The number of nitrogens with zero attached hydrogens (tertiary/aromatic N) is 3. The third-order valence-corrected chi connectivity index (χ3v) is 6.14. The molecule has 1 unspecified atom stereocenters. The van der Waals surface area contributed by atoms with Gasteiger partial charge in [0.1, 0.15) is 0 Å². The second-order valence-corrected chi connectivity index (χ2v) is 8.12. The lowest BCUT2D eigenvalue weighted by Gasteiger charge is -2.34. The zero-order chi connectivity index (χ0) is 15.8. The number of aromatic nitrogens is 2. The molecule has 3 aromatic heterocycles. The molecule has 4 heterocycles. The van der Waals surface area contributed by atoms with E-state index in [0.717, 1.165) is 18.8 Å². The lowest BCUT2D eigenvalue weighted by molar-refractivity contribution is 0.181. The Labute approximate surface area is 143 Å². The van der Waals surface area contributed by atoms with Gasteiger partial charge in [0.15, 0.2) is 5.82 Å². The van der Waals surface area contributed by atoms with Crippen LogP contribution < -0.4 is 0 Å². The Balaban J connectivity index is 1.64. The summed E-state index contributed by atoms with van der Waals surface area (Å²) >= 11 is 3.69. The molecule has 1 aliphatic rings. The average Bonchev–Trinajstić information content (AvgIpc) is 3.28. The molecule has 4 rings (SSSR count). The number of hydrogen-bond acceptors (Lipinski definition) is 6. The Morgan fingerprint density at radius 3 is 2.96 bits per heavy atom. The molecule has 0 amide bonds. The molecule has 6 heteroatoms. The van der Waals surface area contributed by atoms with Crippen LogP contribution in [0.1, 0.15) is 52.8 Å². The van der Waals surface area contributed by atoms with E-state index < -0.39 is 0 Å². The fraction of sp³-hybridized carbons (Fsp3) is 0.412. The summed E-state index contributed by atoms with van der Waals surface area (Å²) in [5.41, 5.74) is 1.44. The summed E-state index contributed by atoms with van der Waals surface area (Å²) in [7, 11) is 0. The first-order valence-corrected chi connectivity index (χ1v) is 9.64. The van der Waals surface area contributed by atoms with E-state index in [0.29, 0.717) is 24.4 Å². The maximum Gasteiger partial charge on any atom is 0.240 e. The maximum atomic E-state index is 5.47. The maximum absolute atomic E-state index is 5.47. The van der Waals surface area contributed by atoms with Crippen LogP contribution in [0.25, 0.3) is 0 Å². The molecule has 0 aromatic carbocycles. The van der Waals surface area contributed by atoms with Gasteiger partial charge in [-0.1, -0.05) is 25.1 Å². The predicted octanol–water partition coefficient (Wildman–Crippen LogP) is 4.46. The van der Waals surface area contributed by atoms with Crippen LogP contribution in [0.4, 0.5) is 0 Å². The highest BCUT2D eigenvalue weighted by Crippen LogP contribution is 2.40. The van der Waals surface area contributed by atoms with Crippen molar-refractivity contribution in [1.29, 1.82) is 0 Å². The molecule has 3 aromatic rings. The van der Waals surface area contributed by atoms with Crippen molar-refractivity contribution < 1.29 is 4.52 Å². The van der Waals surface area contributed by atoms with Crippen LogP contribution in [0.3, 0.4) is 0 Å². The molecule has 23 heavy (non-hydrogen) atoms. The summed E-state index contributed by atoms with van der Waals surface area (Å²) in [5.74, 6) is 1.81. The summed E-state index contributed by atoms with van der Waals surface area (Å²) < 4.78 is 5.47. The Bertz CT molecular complexity index is 775. The first-order chi connectivity index (χ1) is 11.2. The summed E-state index contributed by atoms with van der Waals surface area (Å²) in [5, 5.41) is 8.45. The van der Waals surface area contributed by atoms with Gasteiger partial charge in [-0.15, -0.1) is 22.7 Å². The third-order valence-electron chi connectivity index (χ3n) is 4.22. The van der Waals surface area contributed by atoms with Gasteiger partial charge in [-0.05, 0) is 34.9 Å². The van der Waals surface area contributed by atoms with Gasteiger partial charge in [0.2, 0.25) is 5.89 Å². The van der Waals surface area contributed by atoms with Crippen LogP contribution in [0.5, 0.6) is 0 Å². The Morgan fingerprint density at radius 1 is 1.30 bits per heavy atom. The summed E-state index contributed by atoms with van der Waals surface area (Å²) in [6, 6.07) is 6.92. The lowest BCUT2D eigenvalue weighted by atomic mass is 9.98. The van der Waals surface area contributed by atoms with Crippen LogP contribution in [0.15, 0.2) is 33.5 Å². The van der Waals surface area contributed by atoms with Gasteiger partial charge in [0.25, 0.3) is 0 Å². The number of rotatable bonds is 4. The second-order valence-electron chi connectivity index (χ2n) is 6.14. The molecular weight excluding hydrogens is 326 g/mol. The lowest BCUT2D eigenvalue weighted by Crippen LogP contribution is -2.34. The van der Waals surface area contributed by atoms with Crippen molar-refractivity contribution in [1.82, 2.24) is 15.0 Å². The molecule has 0 bridgehead atoms. The molecule has 120 valence electrons. The van der Waals surface area contributed by atoms with Crippen LogP contribution in [-0.4, -0.2) is 21.6 Å². The van der Waals surface area contributed by atoms with E-state index in [1.165, 1.54) is 15.3 Å². The van der Waals surface area contributed by atoms with Gasteiger partial charge in [0.05, 0.1) is 12.6 Å². The predicted molar refractivity (Wildman–Crippen MR) is 93.0 cm³/mol. The molecule has 0 N–H and O–H groups in total. The first kappa shape index (κ1) is 15.1. The molecule has 1 aliphatic heterocycles. The molecule has 0 radical (unpaired) electrons. The average molecular weight is 345 g/mol. The first-order valence-electron chi connectivity index (χ1n) is 7.88. The van der Waals surface area contributed by atoms with Crippen molar-refractivity contribution in [3.63, 3.8) is 0 Å². The van der Waals surface area contributed by atoms with Crippen molar-refractivity contribution in [3.8, 4) is 0 Å². The largest absolute Gasteiger partial charge is 0.338 e. The van der Waals surface area contributed by atoms with E-state index in [2.05, 4.69) is 57.8 Å². The minimum Gasteiger partial charge on any atom is -0.338 e. The van der Waals surface area contributed by atoms with E-state index in [1.807, 2.05) is 22.7 Å². The summed E-state index contributed by atoms with van der Waals surface area (Å²) in [4.78, 5) is 9.90. The molecular formula is C17H19N3OS2. The Morgan fingerprint density at radius 2 is 2.22 bits per heavy atom. The van der Waals surface area contributed by atoms with E-state index in [1.54, 1.807) is 0 Å². The van der Waals surface area contributed by atoms with Crippen LogP contribution in [0, 0.1) is 0 Å². The van der Waals surface area contributed by atoms with Gasteiger partial charge >= 0.3 is 0 Å². The standard InChI is InChI=1S/C17H19N3OS2/c1-11(2)17-18-15(21-19-17)10-20-7-5-13-12(6-9-23-13)16(20)14-4-3-8-22-14/h3-4,6,8-9,11,16H,5,7,10H2,1-2H3. The number of hydrogen-bond donors (Lipinski definition) is 0. The van der Waals surface area contributed by atoms with Gasteiger partial charge in [-0.25, -0.2) is 0 Å². The second kappa shape index (κ2) is 6.19. The molecule has 0 saturated carbocycles. The summed E-state index contributed by atoms with van der Waals surface area (Å²) in [6.07, 6.45) is 1.10. The van der Waals surface area contributed by atoms with Crippen molar-refractivity contribution in [3.05, 3.63) is 56.0 Å². The normalized spacial score (nSPS) is 18.5. The Kier molecular flexibility index (Phi) is 4.05. The molecule has 1 atom stereocenters. The van der Waals surface area contributed by atoms with Crippen molar-refractivity contribution in [2.24, 2.45) is 0 Å². The fourth-order valence-electron chi connectivity index (χ4n) is 3.06. The molecule has 0 fully saturated rings. The highest BCUT2D eigenvalue weighted by atomic mass is 32.1.